The van der Waals surface area contributed by atoms with Crippen LogP contribution in [0.1, 0.15) is 78.6 Å². The predicted molar refractivity (Wildman–Crippen MR) is 94.8 cm³/mol. The monoisotopic (exact) mass is 355 g/mol. The van der Waals surface area contributed by atoms with Crippen molar-refractivity contribution in [2.45, 2.75) is 96.8 Å². The van der Waals surface area contributed by atoms with Crippen molar-refractivity contribution in [1.29, 1.82) is 0 Å². The Hall–Kier alpha value is -1.59. The molecule has 0 aromatic carbocycles. The first-order chi connectivity index (χ1) is 12.0. The highest BCUT2D eigenvalue weighted by Crippen LogP contribution is 2.32. The van der Waals surface area contributed by atoms with Crippen LogP contribution in [0, 0.1) is 5.92 Å². The summed E-state index contributed by atoms with van der Waals surface area (Å²) in [6, 6.07) is -0.671. The van der Waals surface area contributed by atoms with E-state index in [1.807, 2.05) is 0 Å². The third kappa shape index (κ3) is 7.45. The molecular weight excluding hydrogens is 322 g/mol. The average Bonchev–Trinajstić information content (AvgIpc) is 2.58. The fourth-order valence-corrected chi connectivity index (χ4v) is 3.06. The van der Waals surface area contributed by atoms with Gasteiger partial charge in [-0.1, -0.05) is 52.4 Å². The van der Waals surface area contributed by atoms with Gasteiger partial charge in [0.05, 0.1) is 5.92 Å². The van der Waals surface area contributed by atoms with Gasteiger partial charge in [-0.05, 0) is 19.8 Å². The standard InChI is InChI=1S/C19H33NO5/c1-4-6-8-9-11-16-17(25-19(16)23)12-15(10-7-5-2)24-18(22)14(3)20-13-21/h13-17H,4-12H2,1-3H3,(H,20,21)/t14-,15-,16-,17-/m0/s1. The van der Waals surface area contributed by atoms with Crippen molar-refractivity contribution < 1.29 is 23.9 Å². The molecule has 1 amide bonds. The third-order valence-electron chi connectivity index (χ3n) is 4.72. The SMILES string of the molecule is CCCCCC[C@@H]1C(=O)O[C@H]1C[C@H](CCCC)OC(=O)[C@H](C)NC=O. The number of hydrogen-bond donors (Lipinski definition) is 1. The fourth-order valence-electron chi connectivity index (χ4n) is 3.06. The van der Waals surface area contributed by atoms with Gasteiger partial charge in [0.2, 0.25) is 6.41 Å². The van der Waals surface area contributed by atoms with Gasteiger partial charge in [-0.25, -0.2) is 4.79 Å². The van der Waals surface area contributed by atoms with Gasteiger partial charge in [-0.2, -0.15) is 0 Å². The van der Waals surface area contributed by atoms with Gasteiger partial charge in [0, 0.05) is 6.42 Å². The second kappa shape index (κ2) is 11.9. The topological polar surface area (TPSA) is 81.7 Å². The third-order valence-corrected chi connectivity index (χ3v) is 4.72. The van der Waals surface area contributed by atoms with E-state index in [1.54, 1.807) is 6.92 Å². The van der Waals surface area contributed by atoms with E-state index in [1.165, 1.54) is 12.8 Å². The van der Waals surface area contributed by atoms with E-state index in [0.717, 1.165) is 38.5 Å². The van der Waals surface area contributed by atoms with Crippen molar-refractivity contribution in [3.05, 3.63) is 0 Å². The summed E-state index contributed by atoms with van der Waals surface area (Å²) in [7, 11) is 0. The maximum Gasteiger partial charge on any atom is 0.328 e. The summed E-state index contributed by atoms with van der Waals surface area (Å²) >= 11 is 0. The van der Waals surface area contributed by atoms with Gasteiger partial charge in [0.15, 0.2) is 0 Å². The number of carbonyl (C=O) groups excluding carboxylic acids is 3. The lowest BCUT2D eigenvalue weighted by Crippen LogP contribution is -2.47. The number of rotatable bonds is 14. The Labute approximate surface area is 151 Å². The highest BCUT2D eigenvalue weighted by Gasteiger charge is 2.43. The van der Waals surface area contributed by atoms with Gasteiger partial charge >= 0.3 is 11.9 Å². The predicted octanol–water partition coefficient (Wildman–Crippen LogP) is 3.13. The summed E-state index contributed by atoms with van der Waals surface area (Å²) < 4.78 is 10.9. The van der Waals surface area contributed by atoms with E-state index in [4.69, 9.17) is 9.47 Å². The number of ether oxygens (including phenoxy) is 2. The fraction of sp³-hybridized carbons (Fsp3) is 0.842. The minimum Gasteiger partial charge on any atom is -0.461 e. The Morgan fingerprint density at radius 3 is 2.56 bits per heavy atom. The van der Waals surface area contributed by atoms with Crippen LogP contribution in [0.2, 0.25) is 0 Å². The van der Waals surface area contributed by atoms with Crippen LogP contribution in [0.25, 0.3) is 0 Å². The number of carbonyl (C=O) groups is 3. The van der Waals surface area contributed by atoms with E-state index in [0.29, 0.717) is 12.8 Å². The molecule has 144 valence electrons. The summed E-state index contributed by atoms with van der Waals surface area (Å²) in [5, 5.41) is 2.40. The van der Waals surface area contributed by atoms with Crippen molar-refractivity contribution in [3.63, 3.8) is 0 Å². The molecule has 0 aliphatic carbocycles. The number of amides is 1. The molecule has 0 bridgehead atoms. The molecule has 0 aromatic rings. The lowest BCUT2D eigenvalue weighted by Gasteiger charge is -2.37. The van der Waals surface area contributed by atoms with Gasteiger partial charge in [-0.3, -0.25) is 9.59 Å². The zero-order valence-electron chi connectivity index (χ0n) is 15.8. The Morgan fingerprint density at radius 1 is 1.24 bits per heavy atom. The summed E-state index contributed by atoms with van der Waals surface area (Å²) in [5.74, 6) is -0.637. The van der Waals surface area contributed by atoms with E-state index in [9.17, 15) is 14.4 Å². The number of unbranched alkanes of at least 4 members (excludes halogenated alkanes) is 4. The maximum absolute atomic E-state index is 12.0. The van der Waals surface area contributed by atoms with Crippen LogP contribution in [-0.2, 0) is 23.9 Å². The van der Waals surface area contributed by atoms with E-state index in [-0.39, 0.29) is 24.1 Å². The van der Waals surface area contributed by atoms with E-state index < -0.39 is 12.0 Å². The van der Waals surface area contributed by atoms with Crippen LogP contribution in [0.15, 0.2) is 0 Å². The van der Waals surface area contributed by atoms with E-state index >= 15 is 0 Å². The minimum atomic E-state index is -0.671. The quantitative estimate of drug-likeness (QED) is 0.294. The number of nitrogens with one attached hydrogen (secondary N) is 1. The van der Waals surface area contributed by atoms with E-state index in [2.05, 4.69) is 19.2 Å². The van der Waals surface area contributed by atoms with Crippen LogP contribution >= 0.6 is 0 Å². The smallest absolute Gasteiger partial charge is 0.328 e. The Balaban J connectivity index is 2.51. The molecule has 1 aliphatic rings. The first-order valence-electron chi connectivity index (χ1n) is 9.64. The first-order valence-corrected chi connectivity index (χ1v) is 9.64. The van der Waals surface area contributed by atoms with Crippen molar-refractivity contribution in [1.82, 2.24) is 5.32 Å². The molecule has 1 N–H and O–H groups in total. The van der Waals surface area contributed by atoms with Gasteiger partial charge in [0.1, 0.15) is 18.2 Å². The lowest BCUT2D eigenvalue weighted by molar-refractivity contribution is -0.190. The molecule has 1 rings (SSSR count). The highest BCUT2D eigenvalue weighted by atomic mass is 16.6. The Kier molecular flexibility index (Phi) is 10.2. The molecule has 25 heavy (non-hydrogen) atoms. The average molecular weight is 355 g/mol. The van der Waals surface area contributed by atoms with Crippen molar-refractivity contribution in [3.8, 4) is 0 Å². The molecule has 1 heterocycles. The lowest BCUT2D eigenvalue weighted by atomic mass is 9.86. The highest BCUT2D eigenvalue weighted by molar-refractivity contribution is 5.79. The van der Waals surface area contributed by atoms with Crippen LogP contribution in [0.3, 0.4) is 0 Å². The van der Waals surface area contributed by atoms with Crippen molar-refractivity contribution in [2.24, 2.45) is 5.92 Å². The second-order valence-corrected chi connectivity index (χ2v) is 6.87. The molecule has 1 saturated heterocycles. The molecular formula is C19H33NO5. The number of hydrogen-bond acceptors (Lipinski definition) is 5. The zero-order chi connectivity index (χ0) is 18.7. The molecule has 1 aliphatic heterocycles. The van der Waals surface area contributed by atoms with Gasteiger partial charge in [-0.15, -0.1) is 0 Å². The van der Waals surface area contributed by atoms with Crippen molar-refractivity contribution in [2.75, 3.05) is 0 Å². The van der Waals surface area contributed by atoms with Crippen molar-refractivity contribution >= 4 is 18.3 Å². The Bertz CT molecular complexity index is 426. The zero-order valence-corrected chi connectivity index (χ0v) is 15.8. The molecule has 0 saturated carbocycles. The Morgan fingerprint density at radius 2 is 1.96 bits per heavy atom. The molecule has 0 aromatic heterocycles. The molecule has 0 unspecified atom stereocenters. The molecule has 6 heteroatoms. The summed E-state index contributed by atoms with van der Waals surface area (Å²) in [4.78, 5) is 34.2. The molecule has 0 spiro atoms. The number of cyclic esters (lactones) is 1. The maximum atomic E-state index is 12.0. The summed E-state index contributed by atoms with van der Waals surface area (Å²) in [5.41, 5.74) is 0. The largest absolute Gasteiger partial charge is 0.461 e. The molecule has 0 radical (unpaired) electrons. The minimum absolute atomic E-state index is 0.0646. The second-order valence-electron chi connectivity index (χ2n) is 6.87. The molecule has 1 fully saturated rings. The van der Waals surface area contributed by atoms with Crippen LogP contribution < -0.4 is 5.32 Å². The first kappa shape index (κ1) is 21.5. The van der Waals surface area contributed by atoms with Crippen LogP contribution in [0.5, 0.6) is 0 Å². The summed E-state index contributed by atoms with van der Waals surface area (Å²) in [6.45, 7) is 5.83. The molecule has 6 nitrogen and oxygen atoms in total. The summed E-state index contributed by atoms with van der Waals surface area (Å²) in [6.07, 6.45) is 8.66. The van der Waals surface area contributed by atoms with Gasteiger partial charge in [0.25, 0.3) is 0 Å². The van der Waals surface area contributed by atoms with Crippen LogP contribution in [-0.4, -0.2) is 36.6 Å². The number of esters is 2. The van der Waals surface area contributed by atoms with Crippen LogP contribution in [0.4, 0.5) is 0 Å². The molecule has 4 atom stereocenters. The normalized spacial score (nSPS) is 21.6. The van der Waals surface area contributed by atoms with Gasteiger partial charge < -0.3 is 14.8 Å².